The van der Waals surface area contributed by atoms with Crippen molar-refractivity contribution in [1.29, 1.82) is 0 Å². The summed E-state index contributed by atoms with van der Waals surface area (Å²) in [6.07, 6.45) is 23.6. The highest BCUT2D eigenvalue weighted by Crippen LogP contribution is 2.33. The SMILES string of the molecule is CCCCCCC/C=C\C/C=C\C/C=C\CCCCCCCCC(=O)NC(COC1OC(CO)C(OC2OC(CO)C(OC3OC(CO)C(O)C(O)C3O)C(O)C2O)C(O)C1O)C(O)/C=C/CCCCCCCCCCCCCCC. The smallest absolute Gasteiger partial charge is 0.220 e. The number of ether oxygens (including phenoxy) is 6. The van der Waals surface area contributed by atoms with Crippen molar-refractivity contribution in [2.24, 2.45) is 0 Å². The number of hydrogen-bond acceptors (Lipinski definition) is 18. The van der Waals surface area contributed by atoms with Gasteiger partial charge in [0, 0.05) is 6.42 Å². The Morgan fingerprint density at radius 3 is 1.27 bits per heavy atom. The summed E-state index contributed by atoms with van der Waals surface area (Å²) in [5.41, 5.74) is 0. The molecule has 1 amide bonds. The fraction of sp³-hybridized carbons (Fsp3) is 0.855. The van der Waals surface area contributed by atoms with Crippen LogP contribution in [0.3, 0.4) is 0 Å². The fourth-order valence-electron chi connectivity index (χ4n) is 10.4. The zero-order valence-electron chi connectivity index (χ0n) is 49.3. The van der Waals surface area contributed by atoms with Crippen LogP contribution in [-0.2, 0) is 33.2 Å². The van der Waals surface area contributed by atoms with Gasteiger partial charge in [0.25, 0.3) is 0 Å². The summed E-state index contributed by atoms with van der Waals surface area (Å²) in [4.78, 5) is 13.3. The zero-order valence-corrected chi connectivity index (χ0v) is 49.3. The Morgan fingerprint density at radius 2 is 0.815 bits per heavy atom. The molecule has 0 bridgehead atoms. The Kier molecular flexibility index (Phi) is 40.7. The first kappa shape index (κ1) is 73.0. The molecular formula is C62H111NO18. The maximum atomic E-state index is 13.3. The van der Waals surface area contributed by atoms with E-state index in [0.717, 1.165) is 77.0 Å². The Morgan fingerprint density at radius 1 is 0.444 bits per heavy atom. The molecule has 17 unspecified atom stereocenters. The Labute approximate surface area is 484 Å². The largest absolute Gasteiger partial charge is 0.394 e. The lowest BCUT2D eigenvalue weighted by Gasteiger charge is -2.48. The van der Waals surface area contributed by atoms with E-state index in [1.54, 1.807) is 6.08 Å². The average molecular weight is 1160 g/mol. The predicted octanol–water partition coefficient (Wildman–Crippen LogP) is 6.26. The van der Waals surface area contributed by atoms with Crippen LogP contribution in [0.15, 0.2) is 48.6 Å². The van der Waals surface area contributed by atoms with E-state index < -0.39 is 124 Å². The van der Waals surface area contributed by atoms with Crippen molar-refractivity contribution in [3.8, 4) is 0 Å². The molecule has 19 heteroatoms. The number of allylic oxidation sites excluding steroid dienone is 7. The molecule has 0 aromatic heterocycles. The third-order valence-electron chi connectivity index (χ3n) is 15.6. The predicted molar refractivity (Wildman–Crippen MR) is 309 cm³/mol. The second-order valence-corrected chi connectivity index (χ2v) is 22.5. The quantitative estimate of drug-likeness (QED) is 0.0236. The monoisotopic (exact) mass is 1160 g/mol. The number of amides is 1. The minimum absolute atomic E-state index is 0.228. The molecule has 472 valence electrons. The molecule has 0 spiro atoms. The van der Waals surface area contributed by atoms with E-state index >= 15 is 0 Å². The normalized spacial score (nSPS) is 30.1. The fourth-order valence-corrected chi connectivity index (χ4v) is 10.4. The Balaban J connectivity index is 1.49. The number of rotatable bonds is 46. The highest BCUT2D eigenvalue weighted by Gasteiger charge is 2.53. The molecule has 3 heterocycles. The highest BCUT2D eigenvalue weighted by molar-refractivity contribution is 5.76. The van der Waals surface area contributed by atoms with E-state index in [1.165, 1.54) is 103 Å². The third kappa shape index (κ3) is 28.7. The lowest BCUT2D eigenvalue weighted by atomic mass is 9.96. The standard InChI is InChI=1S/C62H111NO18/c1-3-5-7-9-11-13-15-17-19-20-21-22-23-24-26-28-30-32-34-36-38-40-50(68)63-45(46(67)39-37-35-33-31-29-27-25-18-16-14-12-10-8-6-4-2)44-76-60-56(74)53(71)58(48(42-65)78-60)81-62-57(75)54(72)59(49(43-66)79-62)80-61-55(73)52(70)51(69)47(41-64)77-61/h15,17,20-21,23-24,37,39,45-49,51-62,64-67,69-75H,3-14,16,18-19,22,25-36,38,40-44H2,1-2H3,(H,63,68)/b17-15-,21-20-,24-23-,39-37+. The van der Waals surface area contributed by atoms with E-state index in [1.807, 2.05) is 6.08 Å². The average Bonchev–Trinajstić information content (AvgIpc) is 3.46. The second kappa shape index (κ2) is 45.1. The van der Waals surface area contributed by atoms with Crippen LogP contribution in [0, 0.1) is 0 Å². The summed E-state index contributed by atoms with van der Waals surface area (Å²) < 4.78 is 34.3. The first-order valence-corrected chi connectivity index (χ1v) is 31.4. The van der Waals surface area contributed by atoms with Crippen LogP contribution < -0.4 is 5.32 Å². The lowest BCUT2D eigenvalue weighted by Crippen LogP contribution is -2.66. The van der Waals surface area contributed by atoms with Gasteiger partial charge in [0.05, 0.1) is 38.6 Å². The molecule has 3 fully saturated rings. The molecule has 3 saturated heterocycles. The summed E-state index contributed by atoms with van der Waals surface area (Å²) >= 11 is 0. The number of unbranched alkanes of at least 4 members (excludes halogenated alkanes) is 24. The van der Waals surface area contributed by atoms with Gasteiger partial charge in [-0.05, 0) is 57.8 Å². The number of carbonyl (C=O) groups excluding carboxylic acids is 1. The van der Waals surface area contributed by atoms with E-state index in [-0.39, 0.29) is 18.9 Å². The van der Waals surface area contributed by atoms with Crippen molar-refractivity contribution in [3.63, 3.8) is 0 Å². The molecule has 0 aromatic carbocycles. The van der Waals surface area contributed by atoms with Gasteiger partial charge in [-0.15, -0.1) is 0 Å². The number of nitrogens with one attached hydrogen (secondary N) is 1. The number of carbonyl (C=O) groups is 1. The molecule has 17 atom stereocenters. The van der Waals surface area contributed by atoms with Crippen molar-refractivity contribution in [2.75, 3.05) is 26.4 Å². The van der Waals surface area contributed by atoms with Gasteiger partial charge in [0.15, 0.2) is 18.9 Å². The number of aliphatic hydroxyl groups is 11. The van der Waals surface area contributed by atoms with Gasteiger partial charge in [-0.25, -0.2) is 0 Å². The van der Waals surface area contributed by atoms with Crippen molar-refractivity contribution in [1.82, 2.24) is 5.32 Å². The molecule has 3 aliphatic rings. The van der Waals surface area contributed by atoms with Gasteiger partial charge in [-0.3, -0.25) is 4.79 Å². The van der Waals surface area contributed by atoms with Gasteiger partial charge in [0.2, 0.25) is 5.91 Å². The summed E-state index contributed by atoms with van der Waals surface area (Å²) in [6.45, 7) is 1.70. The lowest BCUT2D eigenvalue weighted by molar-refractivity contribution is -0.379. The van der Waals surface area contributed by atoms with Gasteiger partial charge < -0.3 is 89.9 Å². The van der Waals surface area contributed by atoms with Crippen LogP contribution in [0.4, 0.5) is 0 Å². The van der Waals surface area contributed by atoms with Crippen molar-refractivity contribution < 1.29 is 89.4 Å². The van der Waals surface area contributed by atoms with Crippen molar-refractivity contribution in [2.45, 2.75) is 311 Å². The molecule has 0 radical (unpaired) electrons. The van der Waals surface area contributed by atoms with E-state index in [4.69, 9.17) is 28.4 Å². The molecule has 0 saturated carbocycles. The highest BCUT2D eigenvalue weighted by atomic mass is 16.8. The molecule has 12 N–H and O–H groups in total. The van der Waals surface area contributed by atoms with E-state index in [2.05, 4.69) is 55.6 Å². The van der Waals surface area contributed by atoms with E-state index in [0.29, 0.717) is 6.42 Å². The molecule has 0 aliphatic carbocycles. The van der Waals surface area contributed by atoms with Crippen LogP contribution in [0.2, 0.25) is 0 Å². The van der Waals surface area contributed by atoms with Gasteiger partial charge >= 0.3 is 0 Å². The van der Waals surface area contributed by atoms with Gasteiger partial charge in [-0.1, -0.05) is 191 Å². The van der Waals surface area contributed by atoms with Crippen LogP contribution >= 0.6 is 0 Å². The maximum absolute atomic E-state index is 13.3. The van der Waals surface area contributed by atoms with Crippen molar-refractivity contribution in [3.05, 3.63) is 48.6 Å². The van der Waals surface area contributed by atoms with Crippen LogP contribution in [0.5, 0.6) is 0 Å². The zero-order chi connectivity index (χ0) is 59.0. The molecule has 3 aliphatic heterocycles. The summed E-state index contributed by atoms with van der Waals surface area (Å²) in [7, 11) is 0. The minimum Gasteiger partial charge on any atom is -0.394 e. The third-order valence-corrected chi connectivity index (χ3v) is 15.6. The molecule has 3 rings (SSSR count). The molecular weight excluding hydrogens is 1050 g/mol. The van der Waals surface area contributed by atoms with Gasteiger partial charge in [-0.2, -0.15) is 0 Å². The second-order valence-electron chi connectivity index (χ2n) is 22.5. The Bertz CT molecular complexity index is 1670. The molecule has 19 nitrogen and oxygen atoms in total. The first-order chi connectivity index (χ1) is 39.3. The summed E-state index contributed by atoms with van der Waals surface area (Å²) in [5.74, 6) is -0.289. The van der Waals surface area contributed by atoms with E-state index in [9.17, 15) is 61.0 Å². The summed E-state index contributed by atoms with van der Waals surface area (Å²) in [5, 5.41) is 120. The first-order valence-electron chi connectivity index (χ1n) is 31.4. The summed E-state index contributed by atoms with van der Waals surface area (Å²) in [6, 6.07) is -0.981. The van der Waals surface area contributed by atoms with Crippen LogP contribution in [0.1, 0.15) is 206 Å². The molecule has 0 aromatic rings. The minimum atomic E-state index is -1.98. The van der Waals surface area contributed by atoms with Crippen LogP contribution in [-0.4, -0.2) is 193 Å². The molecule has 81 heavy (non-hydrogen) atoms. The van der Waals surface area contributed by atoms with Gasteiger partial charge in [0.1, 0.15) is 73.2 Å². The number of hydrogen-bond donors (Lipinski definition) is 12. The number of aliphatic hydroxyl groups excluding tert-OH is 11. The Hall–Kier alpha value is -2.25. The van der Waals surface area contributed by atoms with Crippen molar-refractivity contribution >= 4 is 5.91 Å². The topological polar surface area (TPSA) is 307 Å². The van der Waals surface area contributed by atoms with Crippen LogP contribution in [0.25, 0.3) is 0 Å². The maximum Gasteiger partial charge on any atom is 0.220 e.